The number of fused-ring (bicyclic) bond motifs is 1. The number of nitrogens with zero attached hydrogens (tertiary/aromatic N) is 3. The number of hydrogen-bond donors (Lipinski definition) is 1. The SMILES string of the molecule is COc1ccc([C@@H]2C3=C(C[C@@H](C)CC3=O)Nc3ncnn32)cc1. The largest absolute Gasteiger partial charge is 0.497 e. The molecule has 2 aromatic rings. The van der Waals surface area contributed by atoms with Gasteiger partial charge in [0.2, 0.25) is 5.95 Å². The first kappa shape index (κ1) is 14.0. The molecule has 0 saturated carbocycles. The van der Waals surface area contributed by atoms with E-state index < -0.39 is 0 Å². The molecule has 1 aromatic carbocycles. The van der Waals surface area contributed by atoms with Gasteiger partial charge in [0.25, 0.3) is 0 Å². The van der Waals surface area contributed by atoms with E-state index in [0.29, 0.717) is 18.3 Å². The summed E-state index contributed by atoms with van der Waals surface area (Å²) in [5.41, 5.74) is 2.80. The fourth-order valence-corrected chi connectivity index (χ4v) is 3.44. The molecule has 0 amide bonds. The third kappa shape index (κ3) is 2.21. The summed E-state index contributed by atoms with van der Waals surface area (Å²) in [6.07, 6.45) is 2.96. The lowest BCUT2D eigenvalue weighted by atomic mass is 9.81. The fraction of sp³-hybridized carbons (Fsp3) is 0.353. The van der Waals surface area contributed by atoms with Crippen molar-refractivity contribution in [1.29, 1.82) is 0 Å². The standard InChI is InChI=1S/C17H18N4O2/c1-10-7-13-15(14(22)8-10)16(21-17(20-13)18-9-19-21)11-3-5-12(23-2)6-4-11/h3-6,9-10,16H,7-8H2,1-2H3,(H,18,19,20)/t10-,16-/m1/s1. The summed E-state index contributed by atoms with van der Waals surface area (Å²) in [6, 6.07) is 7.55. The first-order valence-corrected chi connectivity index (χ1v) is 7.74. The number of methoxy groups -OCH3 is 1. The summed E-state index contributed by atoms with van der Waals surface area (Å²) in [5, 5.41) is 7.61. The topological polar surface area (TPSA) is 69.0 Å². The molecule has 1 N–H and O–H groups in total. The molecule has 6 nitrogen and oxygen atoms in total. The van der Waals surface area contributed by atoms with E-state index in [1.807, 2.05) is 24.3 Å². The highest BCUT2D eigenvalue weighted by atomic mass is 16.5. The van der Waals surface area contributed by atoms with E-state index in [9.17, 15) is 4.79 Å². The third-order valence-corrected chi connectivity index (χ3v) is 4.50. The van der Waals surface area contributed by atoms with Gasteiger partial charge in [0, 0.05) is 17.7 Å². The summed E-state index contributed by atoms with van der Waals surface area (Å²) in [7, 11) is 1.64. The number of nitrogens with one attached hydrogen (secondary N) is 1. The van der Waals surface area contributed by atoms with Crippen molar-refractivity contribution in [2.45, 2.75) is 25.8 Å². The normalized spacial score (nSPS) is 23.1. The number of carbonyl (C=O) groups is 1. The monoisotopic (exact) mass is 310 g/mol. The van der Waals surface area contributed by atoms with E-state index in [1.54, 1.807) is 11.8 Å². The molecule has 23 heavy (non-hydrogen) atoms. The van der Waals surface area contributed by atoms with Crippen molar-refractivity contribution in [1.82, 2.24) is 14.8 Å². The van der Waals surface area contributed by atoms with Crippen molar-refractivity contribution in [3.8, 4) is 5.75 Å². The number of anilines is 1. The second-order valence-corrected chi connectivity index (χ2v) is 6.16. The molecule has 118 valence electrons. The minimum atomic E-state index is -0.227. The van der Waals surface area contributed by atoms with E-state index in [2.05, 4.69) is 22.3 Å². The van der Waals surface area contributed by atoms with Crippen LogP contribution in [0.4, 0.5) is 5.95 Å². The maximum Gasteiger partial charge on any atom is 0.226 e. The van der Waals surface area contributed by atoms with E-state index in [4.69, 9.17) is 4.74 Å². The second-order valence-electron chi connectivity index (χ2n) is 6.16. The predicted molar refractivity (Wildman–Crippen MR) is 85.2 cm³/mol. The van der Waals surface area contributed by atoms with Crippen molar-refractivity contribution in [3.05, 3.63) is 47.4 Å². The van der Waals surface area contributed by atoms with Gasteiger partial charge in [-0.3, -0.25) is 4.79 Å². The lowest BCUT2D eigenvalue weighted by Crippen LogP contribution is -2.33. The molecule has 0 bridgehead atoms. The highest BCUT2D eigenvalue weighted by Crippen LogP contribution is 2.41. The Labute approximate surface area is 134 Å². The Morgan fingerprint density at radius 1 is 1.26 bits per heavy atom. The Morgan fingerprint density at radius 3 is 2.78 bits per heavy atom. The van der Waals surface area contributed by atoms with Crippen LogP contribution in [0, 0.1) is 5.92 Å². The van der Waals surface area contributed by atoms with Gasteiger partial charge in [0.05, 0.1) is 7.11 Å². The van der Waals surface area contributed by atoms with Crippen molar-refractivity contribution in [3.63, 3.8) is 0 Å². The summed E-state index contributed by atoms with van der Waals surface area (Å²) in [4.78, 5) is 17.0. The maximum absolute atomic E-state index is 12.7. The number of allylic oxidation sites excluding steroid dienone is 2. The van der Waals surface area contributed by atoms with Crippen LogP contribution in [0.3, 0.4) is 0 Å². The molecule has 0 unspecified atom stereocenters. The first-order chi connectivity index (χ1) is 11.2. The Hall–Kier alpha value is -2.63. The average Bonchev–Trinajstić information content (AvgIpc) is 3.00. The zero-order valence-electron chi connectivity index (χ0n) is 13.1. The Morgan fingerprint density at radius 2 is 2.04 bits per heavy atom. The van der Waals surface area contributed by atoms with Crippen LogP contribution in [0.1, 0.15) is 31.4 Å². The van der Waals surface area contributed by atoms with Gasteiger partial charge < -0.3 is 10.1 Å². The molecule has 1 aliphatic carbocycles. The van der Waals surface area contributed by atoms with Crippen LogP contribution in [-0.2, 0) is 4.79 Å². The summed E-state index contributed by atoms with van der Waals surface area (Å²) in [6.45, 7) is 2.10. The van der Waals surface area contributed by atoms with E-state index >= 15 is 0 Å². The van der Waals surface area contributed by atoms with Gasteiger partial charge >= 0.3 is 0 Å². The molecule has 2 aliphatic rings. The lowest BCUT2D eigenvalue weighted by molar-refractivity contribution is -0.117. The Kier molecular flexibility index (Phi) is 3.18. The molecule has 2 atom stereocenters. The molecule has 0 saturated heterocycles. The summed E-state index contributed by atoms with van der Waals surface area (Å²) < 4.78 is 7.01. The van der Waals surface area contributed by atoms with Gasteiger partial charge in [-0.25, -0.2) is 4.68 Å². The number of hydrogen-bond acceptors (Lipinski definition) is 5. The van der Waals surface area contributed by atoms with Gasteiger partial charge in [-0.1, -0.05) is 19.1 Å². The molecule has 1 aromatic heterocycles. The minimum Gasteiger partial charge on any atom is -0.497 e. The predicted octanol–water partition coefficient (Wildman–Crippen LogP) is 2.55. The van der Waals surface area contributed by atoms with Crippen LogP contribution in [0.2, 0.25) is 0 Å². The zero-order chi connectivity index (χ0) is 16.0. The Bertz CT molecular complexity index is 791. The number of carbonyl (C=O) groups excluding carboxylic acids is 1. The third-order valence-electron chi connectivity index (χ3n) is 4.50. The maximum atomic E-state index is 12.7. The molecular formula is C17H18N4O2. The van der Waals surface area contributed by atoms with Crippen LogP contribution in [0.5, 0.6) is 5.75 Å². The van der Waals surface area contributed by atoms with Gasteiger partial charge in [0.1, 0.15) is 18.1 Å². The molecule has 6 heteroatoms. The smallest absolute Gasteiger partial charge is 0.226 e. The summed E-state index contributed by atoms with van der Waals surface area (Å²) >= 11 is 0. The van der Waals surface area contributed by atoms with Gasteiger partial charge in [0.15, 0.2) is 5.78 Å². The first-order valence-electron chi connectivity index (χ1n) is 7.74. The van der Waals surface area contributed by atoms with Crippen molar-refractivity contribution in [2.24, 2.45) is 5.92 Å². The molecular weight excluding hydrogens is 292 g/mol. The second kappa shape index (κ2) is 5.22. The van der Waals surface area contributed by atoms with Crippen molar-refractivity contribution >= 4 is 11.7 Å². The van der Waals surface area contributed by atoms with Crippen molar-refractivity contribution in [2.75, 3.05) is 12.4 Å². The zero-order valence-corrected chi connectivity index (χ0v) is 13.1. The van der Waals surface area contributed by atoms with Gasteiger partial charge in [-0.15, -0.1) is 0 Å². The minimum absolute atomic E-state index is 0.188. The molecule has 1 aliphatic heterocycles. The van der Waals surface area contributed by atoms with Gasteiger partial charge in [-0.2, -0.15) is 10.1 Å². The number of ether oxygens (including phenoxy) is 1. The van der Waals surface area contributed by atoms with E-state index in [-0.39, 0.29) is 11.8 Å². The number of ketones is 1. The Balaban J connectivity index is 1.85. The molecule has 0 spiro atoms. The highest BCUT2D eigenvalue weighted by molar-refractivity contribution is 5.99. The molecule has 0 radical (unpaired) electrons. The summed E-state index contributed by atoms with van der Waals surface area (Å²) in [5.74, 6) is 2.01. The lowest BCUT2D eigenvalue weighted by Gasteiger charge is -2.34. The quantitative estimate of drug-likeness (QED) is 0.923. The highest BCUT2D eigenvalue weighted by Gasteiger charge is 2.37. The van der Waals surface area contributed by atoms with E-state index in [0.717, 1.165) is 29.0 Å². The van der Waals surface area contributed by atoms with Crippen LogP contribution >= 0.6 is 0 Å². The van der Waals surface area contributed by atoms with E-state index in [1.165, 1.54) is 6.33 Å². The number of aromatic nitrogens is 3. The molecule has 2 heterocycles. The number of rotatable bonds is 2. The van der Waals surface area contributed by atoms with Crippen LogP contribution in [0.25, 0.3) is 0 Å². The number of benzene rings is 1. The number of Topliss-reactive ketones (excluding diaryl/α,β-unsaturated/α-hetero) is 1. The van der Waals surface area contributed by atoms with Crippen LogP contribution < -0.4 is 10.1 Å². The average molecular weight is 310 g/mol. The van der Waals surface area contributed by atoms with Crippen molar-refractivity contribution < 1.29 is 9.53 Å². The molecule has 0 fully saturated rings. The molecule has 4 rings (SSSR count). The van der Waals surface area contributed by atoms with Crippen LogP contribution in [0.15, 0.2) is 41.9 Å². The van der Waals surface area contributed by atoms with Crippen LogP contribution in [-0.4, -0.2) is 27.7 Å². The van der Waals surface area contributed by atoms with Gasteiger partial charge in [-0.05, 0) is 30.0 Å². The fourth-order valence-electron chi connectivity index (χ4n) is 3.44.